The van der Waals surface area contributed by atoms with Gasteiger partial charge in [0.1, 0.15) is 0 Å². The van der Waals surface area contributed by atoms with Crippen molar-refractivity contribution in [2.24, 2.45) is 0 Å². The van der Waals surface area contributed by atoms with Crippen molar-refractivity contribution in [2.45, 2.75) is 63.5 Å². The molecule has 0 spiro atoms. The van der Waals surface area contributed by atoms with Gasteiger partial charge in [0.15, 0.2) is 0 Å². The molecule has 0 amide bonds. The van der Waals surface area contributed by atoms with Crippen LogP contribution in [0.3, 0.4) is 0 Å². The molecule has 0 heterocycles. The lowest BCUT2D eigenvalue weighted by molar-refractivity contribution is 0.193. The fourth-order valence-corrected chi connectivity index (χ4v) is 8.08. The third kappa shape index (κ3) is 2.02. The van der Waals surface area contributed by atoms with E-state index in [1.807, 2.05) is 14.2 Å². The van der Waals surface area contributed by atoms with E-state index in [0.717, 1.165) is 6.42 Å². The molecular formula is C12H26O2Si. The normalized spacial score (nSPS) is 23.0. The largest absolute Gasteiger partial charge is 0.397 e. The fourth-order valence-electron chi connectivity index (χ4n) is 3.35. The molecule has 1 rings (SSSR count). The van der Waals surface area contributed by atoms with Crippen molar-refractivity contribution in [3.63, 3.8) is 0 Å². The molecule has 90 valence electrons. The maximum atomic E-state index is 5.94. The summed E-state index contributed by atoms with van der Waals surface area (Å²) < 4.78 is 11.9. The molecule has 0 saturated heterocycles. The Morgan fingerprint density at radius 1 is 1.20 bits per heavy atom. The molecule has 0 aromatic rings. The topological polar surface area (TPSA) is 18.5 Å². The molecule has 1 fully saturated rings. The molecular weight excluding hydrogens is 204 g/mol. The SMILES string of the molecule is CCC(C)[Si](OC)(OC)C1(C)CCCC1. The molecule has 0 radical (unpaired) electrons. The molecule has 0 aliphatic heterocycles. The lowest BCUT2D eigenvalue weighted by Crippen LogP contribution is -2.53. The average molecular weight is 230 g/mol. The molecule has 3 heteroatoms. The van der Waals surface area contributed by atoms with E-state index >= 15 is 0 Å². The summed E-state index contributed by atoms with van der Waals surface area (Å²) in [4.78, 5) is 0. The predicted octanol–water partition coefficient (Wildman–Crippen LogP) is 3.86. The second kappa shape index (κ2) is 4.98. The van der Waals surface area contributed by atoms with Gasteiger partial charge in [0, 0.05) is 24.8 Å². The van der Waals surface area contributed by atoms with Crippen LogP contribution in [0.5, 0.6) is 0 Å². The van der Waals surface area contributed by atoms with E-state index in [1.54, 1.807) is 0 Å². The van der Waals surface area contributed by atoms with Crippen LogP contribution in [0.1, 0.15) is 52.9 Å². The summed E-state index contributed by atoms with van der Waals surface area (Å²) in [7, 11) is 1.67. The van der Waals surface area contributed by atoms with Crippen LogP contribution in [0.4, 0.5) is 0 Å². The second-order valence-corrected chi connectivity index (χ2v) is 9.50. The molecule has 1 unspecified atom stereocenters. The molecule has 1 saturated carbocycles. The standard InChI is InChI=1S/C12H26O2Si/c1-6-11(2)15(13-4,14-5)12(3)9-7-8-10-12/h11H,6-10H2,1-5H3. The molecule has 0 N–H and O–H groups in total. The van der Waals surface area contributed by atoms with Crippen LogP contribution in [0.25, 0.3) is 0 Å². The van der Waals surface area contributed by atoms with E-state index in [0.29, 0.717) is 10.6 Å². The van der Waals surface area contributed by atoms with Gasteiger partial charge in [-0.1, -0.05) is 40.0 Å². The van der Waals surface area contributed by atoms with Crippen LogP contribution < -0.4 is 0 Å². The van der Waals surface area contributed by atoms with Gasteiger partial charge in [-0.05, 0) is 12.8 Å². The Balaban J connectivity index is 2.97. The molecule has 0 aromatic heterocycles. The molecule has 0 bridgehead atoms. The predicted molar refractivity (Wildman–Crippen MR) is 66.3 cm³/mol. The first kappa shape index (κ1) is 13.2. The smallest absolute Gasteiger partial charge is 0.346 e. The Bertz CT molecular complexity index is 196. The van der Waals surface area contributed by atoms with E-state index < -0.39 is 8.56 Å². The van der Waals surface area contributed by atoms with Crippen molar-refractivity contribution >= 4 is 8.56 Å². The highest BCUT2D eigenvalue weighted by Gasteiger charge is 2.57. The zero-order chi connectivity index (χ0) is 11.5. The van der Waals surface area contributed by atoms with Gasteiger partial charge in [0.25, 0.3) is 0 Å². The maximum absolute atomic E-state index is 5.94. The monoisotopic (exact) mass is 230 g/mol. The molecule has 0 aromatic carbocycles. The lowest BCUT2D eigenvalue weighted by Gasteiger charge is -2.44. The number of hydrogen-bond acceptors (Lipinski definition) is 2. The second-order valence-electron chi connectivity index (χ2n) is 5.15. The van der Waals surface area contributed by atoms with Crippen molar-refractivity contribution in [1.29, 1.82) is 0 Å². The first-order valence-corrected chi connectivity index (χ1v) is 8.06. The molecule has 1 atom stereocenters. The van der Waals surface area contributed by atoms with Gasteiger partial charge in [-0.15, -0.1) is 0 Å². The zero-order valence-corrected chi connectivity index (χ0v) is 11.9. The van der Waals surface area contributed by atoms with E-state index in [1.165, 1.54) is 25.7 Å². The van der Waals surface area contributed by atoms with Crippen molar-refractivity contribution in [1.82, 2.24) is 0 Å². The third-order valence-corrected chi connectivity index (χ3v) is 9.52. The number of hydrogen-bond donors (Lipinski definition) is 0. The third-order valence-electron chi connectivity index (χ3n) is 4.42. The van der Waals surface area contributed by atoms with Crippen LogP contribution in [0.15, 0.2) is 0 Å². The zero-order valence-electron chi connectivity index (χ0n) is 10.9. The van der Waals surface area contributed by atoms with Crippen LogP contribution in [-0.4, -0.2) is 22.8 Å². The van der Waals surface area contributed by atoms with E-state index in [-0.39, 0.29) is 0 Å². The Morgan fingerprint density at radius 2 is 1.67 bits per heavy atom. The van der Waals surface area contributed by atoms with Gasteiger partial charge >= 0.3 is 8.56 Å². The summed E-state index contributed by atoms with van der Waals surface area (Å²) in [6, 6.07) is 0. The molecule has 1 aliphatic rings. The van der Waals surface area contributed by atoms with Gasteiger partial charge in [0.05, 0.1) is 0 Å². The average Bonchev–Trinajstić information content (AvgIpc) is 2.68. The molecule has 2 nitrogen and oxygen atoms in total. The maximum Gasteiger partial charge on any atom is 0.346 e. The van der Waals surface area contributed by atoms with Crippen molar-refractivity contribution in [3.05, 3.63) is 0 Å². The Morgan fingerprint density at radius 3 is 2.00 bits per heavy atom. The van der Waals surface area contributed by atoms with Crippen LogP contribution >= 0.6 is 0 Å². The highest BCUT2D eigenvalue weighted by molar-refractivity contribution is 6.72. The first-order chi connectivity index (χ1) is 7.06. The van der Waals surface area contributed by atoms with Gasteiger partial charge in [-0.25, -0.2) is 0 Å². The first-order valence-electron chi connectivity index (χ1n) is 6.16. The minimum atomic E-state index is -2.04. The van der Waals surface area contributed by atoms with Crippen LogP contribution in [0, 0.1) is 0 Å². The quantitative estimate of drug-likeness (QED) is 0.668. The van der Waals surface area contributed by atoms with Crippen molar-refractivity contribution in [3.8, 4) is 0 Å². The summed E-state index contributed by atoms with van der Waals surface area (Å²) in [5, 5.41) is 0.325. The van der Waals surface area contributed by atoms with Gasteiger partial charge in [0.2, 0.25) is 0 Å². The van der Waals surface area contributed by atoms with E-state index in [9.17, 15) is 0 Å². The van der Waals surface area contributed by atoms with E-state index in [4.69, 9.17) is 8.85 Å². The Labute approximate surface area is 95.6 Å². The van der Waals surface area contributed by atoms with Gasteiger partial charge < -0.3 is 8.85 Å². The molecule has 1 aliphatic carbocycles. The van der Waals surface area contributed by atoms with Crippen molar-refractivity contribution in [2.75, 3.05) is 14.2 Å². The Kier molecular flexibility index (Phi) is 4.38. The fraction of sp³-hybridized carbons (Fsp3) is 1.00. The summed E-state index contributed by atoms with van der Waals surface area (Å²) >= 11 is 0. The summed E-state index contributed by atoms with van der Waals surface area (Å²) in [5.41, 5.74) is 0.579. The minimum Gasteiger partial charge on any atom is -0.397 e. The van der Waals surface area contributed by atoms with Crippen molar-refractivity contribution < 1.29 is 8.85 Å². The highest BCUT2D eigenvalue weighted by Crippen LogP contribution is 2.56. The van der Waals surface area contributed by atoms with Crippen LogP contribution in [-0.2, 0) is 8.85 Å². The molecule has 15 heavy (non-hydrogen) atoms. The summed E-state index contributed by atoms with van der Waals surface area (Å²) in [6.45, 7) is 6.91. The summed E-state index contributed by atoms with van der Waals surface area (Å²) in [5.74, 6) is 0. The highest BCUT2D eigenvalue weighted by atomic mass is 28.4. The van der Waals surface area contributed by atoms with Gasteiger partial charge in [-0.2, -0.15) is 0 Å². The summed E-state index contributed by atoms with van der Waals surface area (Å²) in [6.07, 6.45) is 6.41. The Hall–Kier alpha value is 0.137. The van der Waals surface area contributed by atoms with E-state index in [2.05, 4.69) is 20.8 Å². The number of rotatable bonds is 5. The van der Waals surface area contributed by atoms with Crippen LogP contribution in [0.2, 0.25) is 10.6 Å². The lowest BCUT2D eigenvalue weighted by atomic mass is 10.1. The van der Waals surface area contributed by atoms with Gasteiger partial charge in [-0.3, -0.25) is 0 Å². The minimum absolute atomic E-state index is 0.325.